The van der Waals surface area contributed by atoms with Crippen molar-refractivity contribution in [3.63, 3.8) is 0 Å². The van der Waals surface area contributed by atoms with Crippen LogP contribution in [0.1, 0.15) is 208 Å². The molecule has 30 nitrogen and oxygen atoms in total. The van der Waals surface area contributed by atoms with Crippen molar-refractivity contribution < 1.29 is 70.6 Å². The smallest absolute Gasteiger partial charge is 0.251 e. The van der Waals surface area contributed by atoms with Gasteiger partial charge in [0.1, 0.15) is 52.1 Å². The molecule has 6 aromatic carbocycles. The number of aliphatic hydroxyl groups is 1. The van der Waals surface area contributed by atoms with E-state index in [0.717, 1.165) is 210 Å². The number of aromatic nitrogens is 9. The fourth-order valence-electron chi connectivity index (χ4n) is 18.2. The van der Waals surface area contributed by atoms with Crippen LogP contribution in [-0.2, 0) is 28.7 Å². The van der Waals surface area contributed by atoms with Crippen LogP contribution in [0.15, 0.2) is 141 Å². The summed E-state index contributed by atoms with van der Waals surface area (Å²) in [5, 5.41) is 28.9. The average molecular weight is 1720 g/mol. The molecule has 7 aliphatic carbocycles. The second kappa shape index (κ2) is 36.7. The maximum absolute atomic E-state index is 12.9. The molecular formula is C97H101N15O15. The number of allylic oxidation sites excluding steroid dienone is 3. The highest BCUT2D eigenvalue weighted by Gasteiger charge is 2.35. The van der Waals surface area contributed by atoms with E-state index in [1.165, 1.54) is 0 Å². The Hall–Kier alpha value is -13.3. The molecule has 6 fully saturated rings. The van der Waals surface area contributed by atoms with Crippen molar-refractivity contribution in [1.29, 1.82) is 0 Å². The molecule has 30 heteroatoms. The van der Waals surface area contributed by atoms with Gasteiger partial charge < -0.3 is 88.2 Å². The predicted octanol–water partition coefficient (Wildman–Crippen LogP) is 16.6. The number of carbonyl (C=O) groups excluding carboxylic acids is 3. The summed E-state index contributed by atoms with van der Waals surface area (Å²) in [6.07, 6.45) is 25.6. The average Bonchev–Trinajstić information content (AvgIpc) is 1.65. The standard InChI is InChI=1S/2C33H35N5O5.C31H31N5O5/c1-19-35-26-12-9-20(16-29(26)42-19)24-11-14-27-30(24)32(43-22-6-3-4-7-22)38-33(37-27)36-25-13-10-21(17-28(25)40-2)31(39)34-18-23-8-5-15-41-23;1-18-34-25-13-10-19(16-29(25)42-18)22-12-15-26-30(22)32(43-21-6-3-4-7-21)38-33(37-26)36-24-14-11-20(17-28(24)41-2)31(40)35-23-8-5-9-27(23)39;1-17-32-24-10-7-18(13-27(24)40-17)22-9-12-25-28(22)30(41-21-5-3-4-6-21)36-31(35-25)34-23-11-8-19(14-26(23)38-2)29(37)33-20-15-39-16-20/h9-13,16-17,22-23H,3-8,14-15,18H2,1-2H3,(H,34,39)(H,36,37,38);10-14,16-17,21,23,27,39H,3-9,15H2,1-2H3,(H,35,40)(H,36,37,38);7-11,13-14,20-21H,3-6,12,15-16H2,1-2H3,(H,33,37)(H,34,35,36)/t23-;23-,27+;/m01./s1. The number of benzene rings is 6. The lowest BCUT2D eigenvalue weighted by Crippen LogP contribution is -2.48. The highest BCUT2D eigenvalue weighted by atomic mass is 16.5. The summed E-state index contributed by atoms with van der Waals surface area (Å²) in [4.78, 5) is 80.9. The van der Waals surface area contributed by atoms with Gasteiger partial charge in [-0.15, -0.1) is 0 Å². The normalized spacial score (nSPS) is 18.3. The first-order valence-electron chi connectivity index (χ1n) is 44.1. The minimum Gasteiger partial charge on any atom is -0.495 e. The lowest BCUT2D eigenvalue weighted by atomic mass is 10.0. The molecule has 0 radical (unpaired) electrons. The molecule has 8 heterocycles. The summed E-state index contributed by atoms with van der Waals surface area (Å²) in [6.45, 7) is 7.87. The van der Waals surface area contributed by atoms with Gasteiger partial charge in [-0.2, -0.15) is 15.0 Å². The van der Waals surface area contributed by atoms with E-state index >= 15 is 0 Å². The number of hydrogen-bond acceptors (Lipinski definition) is 27. The number of rotatable bonds is 25. The highest BCUT2D eigenvalue weighted by Crippen LogP contribution is 2.46. The number of amides is 3. The number of nitrogens with one attached hydrogen (secondary N) is 6. The number of fused-ring (bicyclic) bond motifs is 6. The van der Waals surface area contributed by atoms with Crippen molar-refractivity contribution in [3.8, 4) is 34.9 Å². The molecule has 654 valence electrons. The topological polar surface area (TPSA) is 373 Å². The molecule has 6 aromatic heterocycles. The quantitative estimate of drug-likeness (QED) is 0.0279. The Morgan fingerprint density at radius 3 is 1.15 bits per heavy atom. The van der Waals surface area contributed by atoms with Gasteiger partial charge in [0.15, 0.2) is 34.4 Å². The zero-order chi connectivity index (χ0) is 86.8. The van der Waals surface area contributed by atoms with Crippen LogP contribution >= 0.6 is 0 Å². The Bertz CT molecular complexity index is 6290. The van der Waals surface area contributed by atoms with Crippen LogP contribution in [0, 0.1) is 20.8 Å². The van der Waals surface area contributed by atoms with Crippen LogP contribution in [0.25, 0.3) is 50.0 Å². The van der Waals surface area contributed by atoms with Crippen LogP contribution in [0.3, 0.4) is 0 Å². The minimum absolute atomic E-state index is 0.0460. The lowest BCUT2D eigenvalue weighted by molar-refractivity contribution is -0.00346. The van der Waals surface area contributed by atoms with Gasteiger partial charge in [0, 0.05) is 69.9 Å². The van der Waals surface area contributed by atoms with Gasteiger partial charge in [-0.3, -0.25) is 14.4 Å². The third-order valence-electron chi connectivity index (χ3n) is 24.7. The molecule has 3 amide bonds. The van der Waals surface area contributed by atoms with Gasteiger partial charge in [0.25, 0.3) is 17.7 Å². The van der Waals surface area contributed by atoms with Crippen molar-refractivity contribution in [2.24, 2.45) is 0 Å². The summed E-state index contributed by atoms with van der Waals surface area (Å²) in [7, 11) is 4.71. The Balaban J connectivity index is 0.000000124. The Labute approximate surface area is 732 Å². The fourth-order valence-corrected chi connectivity index (χ4v) is 18.2. The molecule has 2 saturated heterocycles. The molecule has 4 saturated carbocycles. The number of ether oxygens (including phenoxy) is 8. The summed E-state index contributed by atoms with van der Waals surface area (Å²) in [6, 6.07) is 33.7. The first kappa shape index (κ1) is 83.2. The molecule has 0 spiro atoms. The number of hydrogen-bond donors (Lipinski definition) is 7. The number of anilines is 6. The number of carbonyl (C=O) groups is 3. The van der Waals surface area contributed by atoms with E-state index in [0.29, 0.717) is 150 Å². The summed E-state index contributed by atoms with van der Waals surface area (Å²) in [5.41, 5.74) is 19.6. The van der Waals surface area contributed by atoms with Crippen molar-refractivity contribution in [2.45, 2.75) is 192 Å². The lowest BCUT2D eigenvalue weighted by Gasteiger charge is -2.26. The van der Waals surface area contributed by atoms with Gasteiger partial charge in [0.05, 0.1) is 110 Å². The zero-order valence-corrected chi connectivity index (χ0v) is 71.8. The van der Waals surface area contributed by atoms with E-state index in [1.807, 2.05) is 69.3 Å². The van der Waals surface area contributed by atoms with E-state index in [-0.39, 0.29) is 54.2 Å². The van der Waals surface area contributed by atoms with Crippen LogP contribution in [0.4, 0.5) is 34.9 Å². The second-order valence-corrected chi connectivity index (χ2v) is 33.6. The van der Waals surface area contributed by atoms with E-state index < -0.39 is 6.10 Å². The van der Waals surface area contributed by atoms with Crippen molar-refractivity contribution in [1.82, 2.24) is 60.8 Å². The summed E-state index contributed by atoms with van der Waals surface area (Å²) in [5.74, 6) is 5.77. The predicted molar refractivity (Wildman–Crippen MR) is 477 cm³/mol. The monoisotopic (exact) mass is 1720 g/mol. The van der Waals surface area contributed by atoms with Crippen LogP contribution in [0.5, 0.6) is 34.9 Å². The van der Waals surface area contributed by atoms with Gasteiger partial charge in [-0.05, 0) is 234 Å². The summed E-state index contributed by atoms with van der Waals surface area (Å²) >= 11 is 0. The maximum Gasteiger partial charge on any atom is 0.251 e. The fraction of sp³-hybridized carbons (Fsp3) is 0.381. The molecule has 12 aromatic rings. The van der Waals surface area contributed by atoms with Crippen molar-refractivity contribution >= 4 is 103 Å². The van der Waals surface area contributed by atoms with Crippen LogP contribution in [0.2, 0.25) is 0 Å². The molecule has 2 aliphatic heterocycles. The highest BCUT2D eigenvalue weighted by molar-refractivity contribution is 5.98. The largest absolute Gasteiger partial charge is 0.495 e. The molecule has 9 aliphatic rings. The van der Waals surface area contributed by atoms with Gasteiger partial charge >= 0.3 is 0 Å². The molecule has 0 unspecified atom stereocenters. The molecule has 127 heavy (non-hydrogen) atoms. The van der Waals surface area contributed by atoms with Gasteiger partial charge in [0.2, 0.25) is 35.5 Å². The Kier molecular flexibility index (Phi) is 24.1. The number of nitrogens with zero attached hydrogens (tertiary/aromatic N) is 9. The first-order chi connectivity index (χ1) is 62.0. The zero-order valence-electron chi connectivity index (χ0n) is 71.8. The SMILES string of the molecule is COc1cc(C(=O)NC2COC2)ccc1Nc1nc2c(c(OC3CCCC3)n1)C(c1ccc3nc(C)oc3c1)=CC2.COc1cc(C(=O)NC[C@@H]2CCCO2)ccc1Nc1nc2c(c(OC3CCCC3)n1)C(c1ccc3nc(C)oc3c1)=CC2.COc1cc(C(=O)N[C@@H]2CCC[C@@H]2O)ccc1Nc1nc2c(c(OC3CCCC3)n1)C(c1ccc3nc(C)oc3c1)=CC2. The third kappa shape index (κ3) is 18.3. The number of aliphatic hydroxyl groups excluding tert-OH is 1. The Morgan fingerprint density at radius 2 is 0.803 bits per heavy atom. The number of methoxy groups -OCH3 is 3. The summed E-state index contributed by atoms with van der Waals surface area (Å²) < 4.78 is 64.7. The molecular weight excluding hydrogens is 1620 g/mol. The van der Waals surface area contributed by atoms with E-state index in [1.54, 1.807) is 69.9 Å². The molecule has 21 rings (SSSR count). The third-order valence-corrected chi connectivity index (χ3v) is 24.7. The first-order valence-corrected chi connectivity index (χ1v) is 44.1. The Morgan fingerprint density at radius 1 is 0.417 bits per heavy atom. The van der Waals surface area contributed by atoms with Crippen molar-refractivity contribution in [3.05, 3.63) is 212 Å². The molecule has 3 atom stereocenters. The van der Waals surface area contributed by atoms with Crippen LogP contribution in [-0.4, -0.2) is 158 Å². The van der Waals surface area contributed by atoms with E-state index in [4.69, 9.17) is 81.1 Å². The second-order valence-electron chi connectivity index (χ2n) is 33.6. The van der Waals surface area contributed by atoms with Gasteiger partial charge in [-0.1, -0.05) is 36.4 Å². The van der Waals surface area contributed by atoms with Crippen LogP contribution < -0.4 is 60.3 Å². The number of oxazole rings is 3. The number of aryl methyl sites for hydroxylation is 3. The van der Waals surface area contributed by atoms with Gasteiger partial charge in [-0.25, -0.2) is 29.9 Å². The molecule has 0 bridgehead atoms. The minimum atomic E-state index is -0.506. The van der Waals surface area contributed by atoms with E-state index in [9.17, 15) is 19.5 Å². The maximum atomic E-state index is 12.9. The molecule has 7 N–H and O–H groups in total. The van der Waals surface area contributed by atoms with Crippen molar-refractivity contribution in [2.75, 3.05) is 63.6 Å². The van der Waals surface area contributed by atoms with E-state index in [2.05, 4.69) is 77.2 Å².